The van der Waals surface area contributed by atoms with Crippen LogP contribution in [-0.2, 0) is 28.6 Å². The Kier molecular flexibility index (Phi) is 65.1. The molecule has 0 radical (unpaired) electrons. The van der Waals surface area contributed by atoms with Crippen LogP contribution in [0.4, 0.5) is 0 Å². The number of unbranched alkanes of at least 4 members (excludes halogenated alkanes) is 48. The monoisotopic (exact) mass is 1100 g/mol. The maximum absolute atomic E-state index is 12.9. The molecule has 0 aliphatic heterocycles. The van der Waals surface area contributed by atoms with E-state index in [1.807, 2.05) is 0 Å². The second-order valence-corrected chi connectivity index (χ2v) is 23.8. The highest BCUT2D eigenvalue weighted by Crippen LogP contribution is 2.19. The van der Waals surface area contributed by atoms with Crippen LogP contribution in [0.2, 0.25) is 0 Å². The zero-order chi connectivity index (χ0) is 56.4. The van der Waals surface area contributed by atoms with Crippen LogP contribution in [0.25, 0.3) is 0 Å². The van der Waals surface area contributed by atoms with Crippen molar-refractivity contribution in [3.8, 4) is 0 Å². The number of carbonyl (C=O) groups excluding carboxylic acids is 3. The Morgan fingerprint density at radius 3 is 0.782 bits per heavy atom. The Labute approximate surface area is 486 Å². The van der Waals surface area contributed by atoms with Gasteiger partial charge < -0.3 is 14.2 Å². The van der Waals surface area contributed by atoms with Gasteiger partial charge in [-0.05, 0) is 51.4 Å². The Bertz CT molecular complexity index is 1300. The van der Waals surface area contributed by atoms with E-state index in [2.05, 4.69) is 57.2 Å². The fourth-order valence-electron chi connectivity index (χ4n) is 10.7. The molecule has 0 fully saturated rings. The Morgan fingerprint density at radius 1 is 0.269 bits per heavy atom. The molecule has 1 unspecified atom stereocenters. The zero-order valence-corrected chi connectivity index (χ0v) is 52.7. The van der Waals surface area contributed by atoms with E-state index >= 15 is 0 Å². The van der Waals surface area contributed by atoms with Gasteiger partial charge in [-0.3, -0.25) is 14.4 Å². The molecule has 0 aromatic rings. The molecular weight excluding hydrogens is 961 g/mol. The molecule has 1 atom stereocenters. The van der Waals surface area contributed by atoms with E-state index in [1.54, 1.807) is 0 Å². The summed E-state index contributed by atoms with van der Waals surface area (Å²) in [6.45, 7) is 6.55. The van der Waals surface area contributed by atoms with Gasteiger partial charge in [0.25, 0.3) is 0 Å². The van der Waals surface area contributed by atoms with Gasteiger partial charge in [0, 0.05) is 19.3 Å². The van der Waals surface area contributed by atoms with Gasteiger partial charge in [-0.2, -0.15) is 0 Å². The molecule has 458 valence electrons. The molecule has 0 aromatic heterocycles. The van der Waals surface area contributed by atoms with E-state index in [9.17, 15) is 14.4 Å². The van der Waals surface area contributed by atoms with Crippen LogP contribution in [-0.4, -0.2) is 37.2 Å². The summed E-state index contributed by atoms with van der Waals surface area (Å²) in [5.41, 5.74) is 0. The molecule has 0 heterocycles. The Balaban J connectivity index is 3.94. The van der Waals surface area contributed by atoms with Crippen molar-refractivity contribution >= 4 is 17.9 Å². The molecule has 0 aliphatic rings. The molecule has 0 N–H and O–H groups in total. The average molecular weight is 1100 g/mol. The fourth-order valence-corrected chi connectivity index (χ4v) is 10.7. The van der Waals surface area contributed by atoms with E-state index in [0.717, 1.165) is 83.5 Å². The van der Waals surface area contributed by atoms with Crippen molar-refractivity contribution in [2.75, 3.05) is 13.2 Å². The average Bonchev–Trinajstić information content (AvgIpc) is 3.44. The maximum atomic E-state index is 12.9. The first-order chi connectivity index (χ1) is 38.5. The number of hydrogen-bond acceptors (Lipinski definition) is 6. The van der Waals surface area contributed by atoms with Crippen molar-refractivity contribution in [2.45, 2.75) is 393 Å². The van der Waals surface area contributed by atoms with E-state index in [4.69, 9.17) is 14.2 Å². The van der Waals surface area contributed by atoms with Crippen molar-refractivity contribution in [3.63, 3.8) is 0 Å². The summed E-state index contributed by atoms with van der Waals surface area (Å²) in [4.78, 5) is 38.1. The van der Waals surface area contributed by atoms with Gasteiger partial charge in [0.2, 0.25) is 0 Å². The second-order valence-electron chi connectivity index (χ2n) is 23.8. The lowest BCUT2D eigenvalue weighted by atomic mass is 10.0. The van der Waals surface area contributed by atoms with Crippen molar-refractivity contribution in [1.82, 2.24) is 0 Å². The van der Waals surface area contributed by atoms with Gasteiger partial charge in [0.15, 0.2) is 6.10 Å². The number of hydrogen-bond donors (Lipinski definition) is 0. The van der Waals surface area contributed by atoms with Crippen LogP contribution in [0.15, 0.2) is 36.5 Å². The molecule has 0 saturated carbocycles. The lowest BCUT2D eigenvalue weighted by Gasteiger charge is -2.18. The Morgan fingerprint density at radius 2 is 0.500 bits per heavy atom. The first-order valence-corrected chi connectivity index (χ1v) is 35.0. The van der Waals surface area contributed by atoms with Crippen molar-refractivity contribution in [2.24, 2.45) is 0 Å². The molecule has 0 aliphatic carbocycles. The zero-order valence-electron chi connectivity index (χ0n) is 52.7. The van der Waals surface area contributed by atoms with Crippen molar-refractivity contribution in [3.05, 3.63) is 36.5 Å². The highest BCUT2D eigenvalue weighted by Gasteiger charge is 2.19. The van der Waals surface area contributed by atoms with Gasteiger partial charge in [-0.25, -0.2) is 0 Å². The number of ether oxygens (including phenoxy) is 3. The lowest BCUT2D eigenvalue weighted by Crippen LogP contribution is -2.30. The number of rotatable bonds is 65. The van der Waals surface area contributed by atoms with Crippen molar-refractivity contribution in [1.29, 1.82) is 0 Å². The van der Waals surface area contributed by atoms with E-state index in [0.29, 0.717) is 19.3 Å². The Hall–Kier alpha value is -2.37. The van der Waals surface area contributed by atoms with E-state index in [1.165, 1.54) is 263 Å². The molecule has 6 nitrogen and oxygen atoms in total. The SMILES string of the molecule is CC/C=C\C/C=C\C/C=C\CCCCCCCCCC(=O)OC(COC(=O)CCCCCCCCCC)COC(=O)CCCCCCCCCCCCCCCCCCCCCCCCCCCCCCCCCCCCC. The summed E-state index contributed by atoms with van der Waals surface area (Å²) in [6.07, 6.45) is 83.6. The first-order valence-electron chi connectivity index (χ1n) is 35.0. The van der Waals surface area contributed by atoms with Crippen LogP contribution in [0.5, 0.6) is 0 Å². The van der Waals surface area contributed by atoms with Gasteiger partial charge in [0.05, 0.1) is 0 Å². The summed E-state index contributed by atoms with van der Waals surface area (Å²) < 4.78 is 16.9. The summed E-state index contributed by atoms with van der Waals surface area (Å²) in [7, 11) is 0. The third-order valence-electron chi connectivity index (χ3n) is 15.9. The third kappa shape index (κ3) is 64.5. The van der Waals surface area contributed by atoms with Crippen LogP contribution in [0.3, 0.4) is 0 Å². The molecule has 6 heteroatoms. The van der Waals surface area contributed by atoms with Gasteiger partial charge in [0.1, 0.15) is 13.2 Å². The standard InChI is InChI=1S/C72H134O6/c1-4-7-10-13-16-19-21-23-25-27-28-29-30-31-32-33-34-35-36-37-38-39-40-41-42-43-44-46-47-49-51-53-56-59-62-65-71(74)77-68-69(67-76-70(73)64-61-58-55-18-15-12-9-6-3)78-72(75)66-63-60-57-54-52-50-48-45-26-24-22-20-17-14-11-8-5-2/h8,11,17,20,24,26,69H,4-7,9-10,12-16,18-19,21-23,25,27-68H2,1-3H3/b11-8-,20-17-,26-24-. The molecule has 0 aromatic carbocycles. The van der Waals surface area contributed by atoms with Crippen LogP contribution in [0.1, 0.15) is 387 Å². The van der Waals surface area contributed by atoms with Gasteiger partial charge in [-0.1, -0.05) is 353 Å². The topological polar surface area (TPSA) is 78.9 Å². The smallest absolute Gasteiger partial charge is 0.306 e. The molecule has 0 saturated heterocycles. The van der Waals surface area contributed by atoms with E-state index in [-0.39, 0.29) is 31.1 Å². The maximum Gasteiger partial charge on any atom is 0.306 e. The first kappa shape index (κ1) is 75.6. The van der Waals surface area contributed by atoms with Crippen LogP contribution < -0.4 is 0 Å². The van der Waals surface area contributed by atoms with Crippen LogP contribution >= 0.6 is 0 Å². The molecular formula is C72H134O6. The predicted molar refractivity (Wildman–Crippen MR) is 339 cm³/mol. The van der Waals surface area contributed by atoms with Crippen molar-refractivity contribution < 1.29 is 28.6 Å². The highest BCUT2D eigenvalue weighted by atomic mass is 16.6. The van der Waals surface area contributed by atoms with Gasteiger partial charge >= 0.3 is 17.9 Å². The molecule has 0 amide bonds. The second kappa shape index (κ2) is 67.1. The fraction of sp³-hybridized carbons (Fsp3) is 0.875. The minimum Gasteiger partial charge on any atom is -0.462 e. The largest absolute Gasteiger partial charge is 0.462 e. The number of allylic oxidation sites excluding steroid dienone is 6. The summed E-state index contributed by atoms with van der Waals surface area (Å²) in [5.74, 6) is -0.864. The summed E-state index contributed by atoms with van der Waals surface area (Å²) in [5, 5.41) is 0. The summed E-state index contributed by atoms with van der Waals surface area (Å²) in [6, 6.07) is 0. The van der Waals surface area contributed by atoms with Gasteiger partial charge in [-0.15, -0.1) is 0 Å². The molecule has 0 bridgehead atoms. The molecule has 0 rings (SSSR count). The lowest BCUT2D eigenvalue weighted by molar-refractivity contribution is -0.167. The highest BCUT2D eigenvalue weighted by molar-refractivity contribution is 5.71. The third-order valence-corrected chi connectivity index (χ3v) is 15.9. The minimum atomic E-state index is -0.773. The predicted octanol–water partition coefficient (Wildman–Crippen LogP) is 23.9. The van der Waals surface area contributed by atoms with Crippen LogP contribution in [0, 0.1) is 0 Å². The normalized spacial score (nSPS) is 12.2. The van der Waals surface area contributed by atoms with E-state index < -0.39 is 6.10 Å². The number of carbonyl (C=O) groups is 3. The summed E-state index contributed by atoms with van der Waals surface area (Å²) >= 11 is 0. The molecule has 78 heavy (non-hydrogen) atoms. The quantitative estimate of drug-likeness (QED) is 0.0261. The molecule has 0 spiro atoms. The number of esters is 3. The minimum absolute atomic E-state index is 0.0716.